The minimum atomic E-state index is -0.516. The van der Waals surface area contributed by atoms with Crippen molar-refractivity contribution in [1.29, 1.82) is 0 Å². The number of carbonyl (C=O) groups excluding carboxylic acids is 1. The Labute approximate surface area is 126 Å². The van der Waals surface area contributed by atoms with E-state index in [0.717, 1.165) is 47.5 Å². The molecule has 112 valence electrons. The van der Waals surface area contributed by atoms with Crippen LogP contribution in [0, 0.1) is 6.92 Å². The topological polar surface area (TPSA) is 105 Å². The van der Waals surface area contributed by atoms with Crippen molar-refractivity contribution in [1.82, 2.24) is 4.98 Å². The van der Waals surface area contributed by atoms with Gasteiger partial charge in [-0.2, -0.15) is 0 Å². The summed E-state index contributed by atoms with van der Waals surface area (Å²) >= 11 is 1.24. The predicted octanol–water partition coefficient (Wildman–Crippen LogP) is 1.25. The Bertz CT molecular complexity index is 705. The molecule has 0 aromatic carbocycles. The molecule has 3 heterocycles. The SMILES string of the molecule is Cc1cc(N2CCC(O)CC2)nc2sc(C(N)=O)c(N)c12. The zero-order valence-corrected chi connectivity index (χ0v) is 12.6. The molecule has 2 aromatic rings. The number of nitrogens with two attached hydrogens (primary N) is 2. The predicted molar refractivity (Wildman–Crippen MR) is 84.7 cm³/mol. The monoisotopic (exact) mass is 306 g/mol. The molecule has 1 aliphatic rings. The molecule has 6 nitrogen and oxygen atoms in total. The highest BCUT2D eigenvalue weighted by Crippen LogP contribution is 2.36. The first-order chi connectivity index (χ1) is 9.97. The summed E-state index contributed by atoms with van der Waals surface area (Å²) in [7, 11) is 0. The number of primary amides is 1. The van der Waals surface area contributed by atoms with Crippen LogP contribution in [0.15, 0.2) is 6.07 Å². The van der Waals surface area contributed by atoms with Gasteiger partial charge in [0.1, 0.15) is 15.5 Å². The number of thiophene rings is 1. The summed E-state index contributed by atoms with van der Waals surface area (Å²) in [6.45, 7) is 3.52. The molecule has 1 saturated heterocycles. The lowest BCUT2D eigenvalue weighted by atomic mass is 10.1. The number of aliphatic hydroxyl groups excluding tert-OH is 1. The number of aryl methyl sites for hydroxylation is 1. The number of fused-ring (bicyclic) bond motifs is 1. The molecule has 1 amide bonds. The number of anilines is 2. The van der Waals surface area contributed by atoms with Crippen LogP contribution >= 0.6 is 11.3 Å². The van der Waals surface area contributed by atoms with Crippen LogP contribution in [0.3, 0.4) is 0 Å². The van der Waals surface area contributed by atoms with Gasteiger partial charge in [0.05, 0.1) is 11.8 Å². The fourth-order valence-corrected chi connectivity index (χ4v) is 3.75. The van der Waals surface area contributed by atoms with E-state index in [-0.39, 0.29) is 6.10 Å². The summed E-state index contributed by atoms with van der Waals surface area (Å²) in [5.74, 6) is 0.349. The quantitative estimate of drug-likeness (QED) is 0.774. The Morgan fingerprint density at radius 2 is 2.14 bits per heavy atom. The number of aromatic nitrogens is 1. The van der Waals surface area contributed by atoms with Gasteiger partial charge in [0.25, 0.3) is 5.91 Å². The van der Waals surface area contributed by atoms with Crippen LogP contribution in [-0.4, -0.2) is 35.2 Å². The van der Waals surface area contributed by atoms with Gasteiger partial charge in [0.15, 0.2) is 0 Å². The lowest BCUT2D eigenvalue weighted by Gasteiger charge is -2.30. The van der Waals surface area contributed by atoms with Gasteiger partial charge in [-0.1, -0.05) is 0 Å². The number of carbonyl (C=O) groups is 1. The molecule has 5 N–H and O–H groups in total. The largest absolute Gasteiger partial charge is 0.397 e. The maximum atomic E-state index is 11.4. The van der Waals surface area contributed by atoms with Crippen LogP contribution in [0.2, 0.25) is 0 Å². The first-order valence-electron chi connectivity index (χ1n) is 6.90. The van der Waals surface area contributed by atoms with E-state index in [2.05, 4.69) is 9.88 Å². The number of aliphatic hydroxyl groups is 1. The molecule has 0 atom stereocenters. The Kier molecular flexibility index (Phi) is 3.46. The zero-order chi connectivity index (χ0) is 15.1. The van der Waals surface area contributed by atoms with Crippen LogP contribution in [-0.2, 0) is 0 Å². The number of pyridine rings is 1. The van der Waals surface area contributed by atoms with Crippen molar-refractivity contribution in [3.05, 3.63) is 16.5 Å². The molecule has 0 unspecified atom stereocenters. The van der Waals surface area contributed by atoms with Crippen molar-refractivity contribution >= 4 is 39.0 Å². The van der Waals surface area contributed by atoms with E-state index >= 15 is 0 Å². The third-order valence-corrected chi connectivity index (χ3v) is 5.01. The van der Waals surface area contributed by atoms with Gasteiger partial charge < -0.3 is 21.5 Å². The second-order valence-corrected chi connectivity index (χ2v) is 6.40. The van der Waals surface area contributed by atoms with Crippen LogP contribution in [0.1, 0.15) is 28.1 Å². The maximum Gasteiger partial charge on any atom is 0.260 e. The number of hydrogen-bond acceptors (Lipinski definition) is 6. The van der Waals surface area contributed by atoms with E-state index in [1.54, 1.807) is 0 Å². The van der Waals surface area contributed by atoms with E-state index in [0.29, 0.717) is 10.6 Å². The second-order valence-electron chi connectivity index (χ2n) is 5.40. The van der Waals surface area contributed by atoms with E-state index in [1.165, 1.54) is 11.3 Å². The summed E-state index contributed by atoms with van der Waals surface area (Å²) in [6.07, 6.45) is 1.28. The average Bonchev–Trinajstić information content (AvgIpc) is 2.77. The van der Waals surface area contributed by atoms with Crippen molar-refractivity contribution in [2.24, 2.45) is 5.73 Å². The molecular formula is C14H18N4O2S. The third-order valence-electron chi connectivity index (χ3n) is 3.89. The molecule has 3 rings (SSSR count). The Balaban J connectivity index is 2.05. The van der Waals surface area contributed by atoms with Gasteiger partial charge in [0, 0.05) is 18.5 Å². The van der Waals surface area contributed by atoms with Crippen LogP contribution in [0.5, 0.6) is 0 Å². The van der Waals surface area contributed by atoms with Crippen molar-refractivity contribution in [2.45, 2.75) is 25.9 Å². The molecule has 0 saturated carbocycles. The first-order valence-corrected chi connectivity index (χ1v) is 7.71. The fraction of sp³-hybridized carbons (Fsp3) is 0.429. The molecule has 0 spiro atoms. The maximum absolute atomic E-state index is 11.4. The molecule has 0 aliphatic carbocycles. The highest BCUT2D eigenvalue weighted by molar-refractivity contribution is 7.21. The highest BCUT2D eigenvalue weighted by Gasteiger charge is 2.21. The number of rotatable bonds is 2. The number of amides is 1. The zero-order valence-electron chi connectivity index (χ0n) is 11.8. The minimum absolute atomic E-state index is 0.218. The summed E-state index contributed by atoms with van der Waals surface area (Å²) in [4.78, 5) is 19.3. The standard InChI is InChI=1S/C14H18N4O2S/c1-7-6-9(18-4-2-8(19)3-5-18)17-14-10(7)11(15)12(21-14)13(16)20/h6,8,19H,2-5,15H2,1H3,(H2,16,20). The molecule has 2 aromatic heterocycles. The second kappa shape index (κ2) is 5.16. The first kappa shape index (κ1) is 14.1. The molecule has 0 bridgehead atoms. The molecule has 1 aliphatic heterocycles. The lowest BCUT2D eigenvalue weighted by Crippen LogP contribution is -2.36. The van der Waals surface area contributed by atoms with Gasteiger partial charge in [-0.05, 0) is 31.4 Å². The van der Waals surface area contributed by atoms with Crippen LogP contribution in [0.25, 0.3) is 10.2 Å². The van der Waals surface area contributed by atoms with Crippen molar-refractivity contribution in [2.75, 3.05) is 23.7 Å². The summed E-state index contributed by atoms with van der Waals surface area (Å²) in [5, 5.41) is 10.4. The van der Waals surface area contributed by atoms with Gasteiger partial charge in [0.2, 0.25) is 0 Å². The minimum Gasteiger partial charge on any atom is -0.397 e. The summed E-state index contributed by atoms with van der Waals surface area (Å²) < 4.78 is 0. The van der Waals surface area contributed by atoms with Crippen molar-refractivity contribution in [3.63, 3.8) is 0 Å². The molecular weight excluding hydrogens is 288 g/mol. The van der Waals surface area contributed by atoms with Gasteiger partial charge in [-0.15, -0.1) is 11.3 Å². The Morgan fingerprint density at radius 3 is 2.76 bits per heavy atom. The van der Waals surface area contributed by atoms with E-state index in [9.17, 15) is 9.90 Å². The molecule has 0 radical (unpaired) electrons. The fourth-order valence-electron chi connectivity index (χ4n) is 2.73. The van der Waals surface area contributed by atoms with E-state index in [1.807, 2.05) is 13.0 Å². The number of nitrogen functional groups attached to an aromatic ring is 1. The van der Waals surface area contributed by atoms with Gasteiger partial charge in [-0.3, -0.25) is 4.79 Å². The number of piperidine rings is 1. The number of nitrogens with zero attached hydrogens (tertiary/aromatic N) is 2. The van der Waals surface area contributed by atoms with Crippen LogP contribution in [0.4, 0.5) is 11.5 Å². The smallest absolute Gasteiger partial charge is 0.260 e. The Hall–Kier alpha value is -1.86. The van der Waals surface area contributed by atoms with Crippen molar-refractivity contribution < 1.29 is 9.90 Å². The number of hydrogen-bond donors (Lipinski definition) is 3. The third kappa shape index (κ3) is 2.43. The van der Waals surface area contributed by atoms with E-state index in [4.69, 9.17) is 11.5 Å². The summed E-state index contributed by atoms with van der Waals surface area (Å²) in [6, 6.07) is 1.98. The average molecular weight is 306 g/mol. The molecule has 7 heteroatoms. The summed E-state index contributed by atoms with van der Waals surface area (Å²) in [5.41, 5.74) is 12.8. The molecule has 21 heavy (non-hydrogen) atoms. The highest BCUT2D eigenvalue weighted by atomic mass is 32.1. The van der Waals surface area contributed by atoms with Crippen LogP contribution < -0.4 is 16.4 Å². The van der Waals surface area contributed by atoms with Gasteiger partial charge >= 0.3 is 0 Å². The lowest BCUT2D eigenvalue weighted by molar-refractivity contribution is 0.100. The van der Waals surface area contributed by atoms with E-state index < -0.39 is 5.91 Å². The van der Waals surface area contributed by atoms with Crippen molar-refractivity contribution in [3.8, 4) is 0 Å². The molecule has 1 fully saturated rings. The normalized spacial score (nSPS) is 16.6. The van der Waals surface area contributed by atoms with Gasteiger partial charge in [-0.25, -0.2) is 4.98 Å². The Morgan fingerprint density at radius 1 is 1.48 bits per heavy atom.